The second-order valence-corrected chi connectivity index (χ2v) is 8.65. The third kappa shape index (κ3) is 3.02. The Morgan fingerprint density at radius 1 is 0.533 bits per heavy atom. The SMILES string of the molecule is O=C1[C@H]2CC=CC[C@H]2C(=O)N1Cc1ccc(CN2C(=O)[C@@H]3CC=CC[C@H]3C2=O)cc1. The van der Waals surface area contributed by atoms with E-state index in [1.54, 1.807) is 0 Å². The number of carbonyl (C=O) groups is 4. The Bertz CT molecular complexity index is 846. The summed E-state index contributed by atoms with van der Waals surface area (Å²) in [5, 5.41) is 0. The van der Waals surface area contributed by atoms with Crippen LogP contribution in [0.5, 0.6) is 0 Å². The van der Waals surface area contributed by atoms with Gasteiger partial charge in [0, 0.05) is 0 Å². The topological polar surface area (TPSA) is 74.8 Å². The molecule has 0 N–H and O–H groups in total. The first-order chi connectivity index (χ1) is 14.5. The van der Waals surface area contributed by atoms with Crippen molar-refractivity contribution >= 4 is 23.6 Å². The molecular weight excluding hydrogens is 380 g/mol. The molecule has 0 bridgehead atoms. The number of benzene rings is 1. The Kier molecular flexibility index (Phi) is 4.65. The van der Waals surface area contributed by atoms with Crippen LogP contribution in [0.15, 0.2) is 48.6 Å². The van der Waals surface area contributed by atoms with Crippen LogP contribution in [0, 0.1) is 23.7 Å². The van der Waals surface area contributed by atoms with E-state index < -0.39 is 0 Å². The van der Waals surface area contributed by atoms with Gasteiger partial charge in [0.2, 0.25) is 23.6 Å². The van der Waals surface area contributed by atoms with Crippen molar-refractivity contribution in [2.75, 3.05) is 0 Å². The van der Waals surface area contributed by atoms with E-state index in [2.05, 4.69) is 0 Å². The molecule has 0 radical (unpaired) electrons. The fraction of sp³-hybridized carbons (Fsp3) is 0.417. The van der Waals surface area contributed by atoms with Crippen LogP contribution in [0.2, 0.25) is 0 Å². The van der Waals surface area contributed by atoms with Crippen LogP contribution in [0.1, 0.15) is 36.8 Å². The van der Waals surface area contributed by atoms with Crippen LogP contribution < -0.4 is 0 Å². The summed E-state index contributed by atoms with van der Waals surface area (Å²) in [4.78, 5) is 53.3. The third-order valence-corrected chi connectivity index (χ3v) is 6.90. The van der Waals surface area contributed by atoms with Gasteiger partial charge in [-0.25, -0.2) is 0 Å². The van der Waals surface area contributed by atoms with Crippen molar-refractivity contribution in [1.29, 1.82) is 0 Å². The van der Waals surface area contributed by atoms with Gasteiger partial charge < -0.3 is 0 Å². The predicted molar refractivity (Wildman–Crippen MR) is 108 cm³/mol. The summed E-state index contributed by atoms with van der Waals surface area (Å²) in [6.07, 6.45) is 10.5. The molecule has 2 heterocycles. The molecule has 0 aromatic heterocycles. The molecule has 4 atom stereocenters. The highest BCUT2D eigenvalue weighted by Crippen LogP contribution is 2.37. The smallest absolute Gasteiger partial charge is 0.233 e. The molecule has 30 heavy (non-hydrogen) atoms. The summed E-state index contributed by atoms with van der Waals surface area (Å²) in [5.41, 5.74) is 1.73. The Labute approximate surface area is 175 Å². The van der Waals surface area contributed by atoms with E-state index in [1.165, 1.54) is 9.80 Å². The minimum Gasteiger partial charge on any atom is -0.278 e. The molecule has 1 aromatic carbocycles. The number of imide groups is 2. The minimum absolute atomic E-state index is 0.0806. The average molecular weight is 404 g/mol. The Hall–Kier alpha value is -3.02. The first kappa shape index (κ1) is 19.0. The molecule has 2 fully saturated rings. The lowest BCUT2D eigenvalue weighted by atomic mass is 9.85. The van der Waals surface area contributed by atoms with Gasteiger partial charge in [-0.3, -0.25) is 29.0 Å². The number of hydrogen-bond donors (Lipinski definition) is 0. The normalized spacial score (nSPS) is 30.3. The summed E-state index contributed by atoms with van der Waals surface area (Å²) in [5.74, 6) is -1.19. The Morgan fingerprint density at radius 3 is 1.07 bits per heavy atom. The number of nitrogens with zero attached hydrogens (tertiary/aromatic N) is 2. The van der Waals surface area contributed by atoms with Crippen molar-refractivity contribution < 1.29 is 19.2 Å². The molecule has 2 aliphatic heterocycles. The van der Waals surface area contributed by atoms with Crippen molar-refractivity contribution in [2.45, 2.75) is 38.8 Å². The largest absolute Gasteiger partial charge is 0.278 e. The maximum atomic E-state index is 12.6. The van der Waals surface area contributed by atoms with Crippen molar-refractivity contribution in [3.8, 4) is 0 Å². The summed E-state index contributed by atoms with van der Waals surface area (Å²) in [6.45, 7) is 0.532. The fourth-order valence-corrected chi connectivity index (χ4v) is 5.16. The number of carbonyl (C=O) groups excluding carboxylic acids is 4. The molecule has 1 aromatic rings. The molecule has 0 unspecified atom stereocenters. The molecule has 0 spiro atoms. The minimum atomic E-state index is -0.216. The maximum absolute atomic E-state index is 12.6. The van der Waals surface area contributed by atoms with E-state index in [0.29, 0.717) is 25.7 Å². The quantitative estimate of drug-likeness (QED) is 0.571. The van der Waals surface area contributed by atoms with Crippen molar-refractivity contribution in [3.63, 3.8) is 0 Å². The molecule has 2 saturated heterocycles. The molecule has 4 amide bonds. The van der Waals surface area contributed by atoms with E-state index in [9.17, 15) is 19.2 Å². The summed E-state index contributed by atoms with van der Waals surface area (Å²) < 4.78 is 0. The van der Waals surface area contributed by atoms with Crippen molar-refractivity contribution in [1.82, 2.24) is 9.80 Å². The average Bonchev–Trinajstić information content (AvgIpc) is 3.16. The highest BCUT2D eigenvalue weighted by atomic mass is 16.2. The van der Waals surface area contributed by atoms with Gasteiger partial charge in [-0.05, 0) is 36.8 Å². The molecule has 5 rings (SSSR count). The lowest BCUT2D eigenvalue weighted by molar-refractivity contribution is -0.142. The molecule has 6 nitrogen and oxygen atoms in total. The molecule has 6 heteroatoms. The lowest BCUT2D eigenvalue weighted by Crippen LogP contribution is -2.31. The van der Waals surface area contributed by atoms with Gasteiger partial charge in [-0.15, -0.1) is 0 Å². The first-order valence-electron chi connectivity index (χ1n) is 10.6. The van der Waals surface area contributed by atoms with Gasteiger partial charge >= 0.3 is 0 Å². The van der Waals surface area contributed by atoms with Crippen LogP contribution in [0.4, 0.5) is 0 Å². The van der Waals surface area contributed by atoms with E-state index in [1.807, 2.05) is 48.6 Å². The number of hydrogen-bond acceptors (Lipinski definition) is 4. The number of rotatable bonds is 4. The van der Waals surface area contributed by atoms with Gasteiger partial charge in [-0.1, -0.05) is 48.6 Å². The zero-order valence-electron chi connectivity index (χ0n) is 16.7. The summed E-state index contributed by atoms with van der Waals surface area (Å²) in [6, 6.07) is 7.48. The number of fused-ring (bicyclic) bond motifs is 2. The highest BCUT2D eigenvalue weighted by Gasteiger charge is 2.48. The summed E-state index contributed by atoms with van der Waals surface area (Å²) in [7, 11) is 0. The highest BCUT2D eigenvalue weighted by molar-refractivity contribution is 6.06. The van der Waals surface area contributed by atoms with Crippen LogP contribution in [-0.4, -0.2) is 33.4 Å². The molecular formula is C24H24N2O4. The van der Waals surface area contributed by atoms with Gasteiger partial charge in [-0.2, -0.15) is 0 Å². The van der Waals surface area contributed by atoms with Crippen LogP contribution in [-0.2, 0) is 32.3 Å². The number of likely N-dealkylation sites (tertiary alicyclic amines) is 2. The van der Waals surface area contributed by atoms with Crippen LogP contribution >= 0.6 is 0 Å². The van der Waals surface area contributed by atoms with E-state index in [-0.39, 0.29) is 60.4 Å². The van der Waals surface area contributed by atoms with Crippen molar-refractivity contribution in [3.05, 3.63) is 59.7 Å². The molecule has 2 aliphatic carbocycles. The van der Waals surface area contributed by atoms with E-state index in [4.69, 9.17) is 0 Å². The number of amides is 4. The predicted octanol–water partition coefficient (Wildman–Crippen LogP) is 2.59. The monoisotopic (exact) mass is 404 g/mol. The van der Waals surface area contributed by atoms with Gasteiger partial charge in [0.1, 0.15) is 0 Å². The van der Waals surface area contributed by atoms with Crippen molar-refractivity contribution in [2.24, 2.45) is 23.7 Å². The Morgan fingerprint density at radius 2 is 0.800 bits per heavy atom. The lowest BCUT2D eigenvalue weighted by Gasteiger charge is -2.17. The molecule has 0 saturated carbocycles. The van der Waals surface area contributed by atoms with E-state index in [0.717, 1.165) is 11.1 Å². The summed E-state index contributed by atoms with van der Waals surface area (Å²) >= 11 is 0. The zero-order valence-corrected chi connectivity index (χ0v) is 16.7. The number of allylic oxidation sites excluding steroid dienone is 4. The maximum Gasteiger partial charge on any atom is 0.233 e. The molecule has 4 aliphatic rings. The first-order valence-corrected chi connectivity index (χ1v) is 10.6. The Balaban J connectivity index is 1.25. The third-order valence-electron chi connectivity index (χ3n) is 6.90. The zero-order chi connectivity index (χ0) is 20.8. The van der Waals surface area contributed by atoms with Gasteiger partial charge in [0.05, 0.1) is 36.8 Å². The van der Waals surface area contributed by atoms with Gasteiger partial charge in [0.25, 0.3) is 0 Å². The second kappa shape index (κ2) is 7.35. The van der Waals surface area contributed by atoms with Gasteiger partial charge in [0.15, 0.2) is 0 Å². The standard InChI is InChI=1S/C24H24N2O4/c27-21-17-5-1-2-6-18(17)22(28)25(21)13-15-9-11-16(12-10-15)14-26-23(29)19-7-3-4-8-20(19)24(26)30/h1-4,9-12,17-20H,5-8,13-14H2/t17-,18-,19-,20+/m1/s1. The second-order valence-electron chi connectivity index (χ2n) is 8.65. The van der Waals surface area contributed by atoms with Crippen LogP contribution in [0.25, 0.3) is 0 Å². The molecule has 154 valence electrons. The van der Waals surface area contributed by atoms with E-state index >= 15 is 0 Å². The fourth-order valence-electron chi connectivity index (χ4n) is 5.16. The van der Waals surface area contributed by atoms with Crippen LogP contribution in [0.3, 0.4) is 0 Å².